The van der Waals surface area contributed by atoms with E-state index in [4.69, 9.17) is 15.6 Å². The predicted octanol–water partition coefficient (Wildman–Crippen LogP) is 2.78. The number of amides is 2. The number of ether oxygens (including phenoxy) is 1. The normalized spacial score (nSPS) is 13.4. The van der Waals surface area contributed by atoms with Crippen molar-refractivity contribution in [2.24, 2.45) is 11.7 Å². The van der Waals surface area contributed by atoms with Gasteiger partial charge in [0.1, 0.15) is 23.5 Å². The Kier molecular flexibility index (Phi) is 13.5. The van der Waals surface area contributed by atoms with Crippen LogP contribution in [0, 0.1) is 5.92 Å². The Balaban J connectivity index is 2.99. The first-order chi connectivity index (χ1) is 17.1. The van der Waals surface area contributed by atoms with E-state index in [-0.39, 0.29) is 23.9 Å². The molecule has 0 aliphatic carbocycles. The number of carbonyl (C=O) groups is 4. The number of unbranched alkanes of at least 4 members (excludes halogenated alkanes) is 1. The summed E-state index contributed by atoms with van der Waals surface area (Å²) in [5, 5.41) is 14.2. The zero-order valence-corrected chi connectivity index (χ0v) is 22.2. The molecule has 1 aromatic rings. The number of pyridine rings is 1. The average molecular weight is 521 g/mol. The highest BCUT2D eigenvalue weighted by molar-refractivity contribution is 7.98. The monoisotopic (exact) mass is 520 g/mol. The molecule has 0 bridgehead atoms. The topological polar surface area (TPSA) is 161 Å². The van der Waals surface area contributed by atoms with Crippen molar-refractivity contribution in [2.75, 3.05) is 6.26 Å². The standard InChI is InChI=1S/C25H36N4O6S/c1-6-8-9-10-17(12-21(30)31)35-25(34)22(15(3)4)29-23(32)19(7-2)28-24(33)20-13-18(36-5)11-16(14-26)27-20/h7,9-11,13,15,17,22H,6,8,12,14,26H2,1-5H3,(H,28,33)(H,29,32)(H,30,31)/b10-9+,19-7-/t17-,22+/m1/s1. The fourth-order valence-corrected chi connectivity index (χ4v) is 3.50. The number of allylic oxidation sites excluding steroid dienone is 2. The lowest BCUT2D eigenvalue weighted by Gasteiger charge is -2.23. The second kappa shape index (κ2) is 15.7. The molecule has 0 aromatic carbocycles. The van der Waals surface area contributed by atoms with E-state index in [1.165, 1.54) is 23.9 Å². The van der Waals surface area contributed by atoms with Crippen LogP contribution in [0.25, 0.3) is 0 Å². The van der Waals surface area contributed by atoms with E-state index in [1.54, 1.807) is 39.0 Å². The van der Waals surface area contributed by atoms with E-state index in [0.29, 0.717) is 12.1 Å². The maximum absolute atomic E-state index is 12.9. The maximum Gasteiger partial charge on any atom is 0.329 e. The molecule has 0 aliphatic rings. The largest absolute Gasteiger partial charge is 0.481 e. The van der Waals surface area contributed by atoms with Gasteiger partial charge in [-0.1, -0.05) is 39.3 Å². The summed E-state index contributed by atoms with van der Waals surface area (Å²) in [6.07, 6.45) is 6.76. The first kappa shape index (κ1) is 30.9. The molecular formula is C25H36N4O6S. The number of hydrogen-bond acceptors (Lipinski definition) is 8. The second-order valence-electron chi connectivity index (χ2n) is 8.23. The highest BCUT2D eigenvalue weighted by Gasteiger charge is 2.29. The summed E-state index contributed by atoms with van der Waals surface area (Å²) in [5.41, 5.74) is 6.22. The molecule has 198 valence electrons. The van der Waals surface area contributed by atoms with Gasteiger partial charge < -0.3 is 26.2 Å². The van der Waals surface area contributed by atoms with Crippen LogP contribution >= 0.6 is 11.8 Å². The van der Waals surface area contributed by atoms with Crippen LogP contribution < -0.4 is 16.4 Å². The van der Waals surface area contributed by atoms with Crippen molar-refractivity contribution in [1.82, 2.24) is 15.6 Å². The highest BCUT2D eigenvalue weighted by atomic mass is 32.2. The fraction of sp³-hybridized carbons (Fsp3) is 0.480. The molecule has 0 spiro atoms. The molecule has 0 saturated carbocycles. The summed E-state index contributed by atoms with van der Waals surface area (Å²) >= 11 is 1.43. The first-order valence-corrected chi connectivity index (χ1v) is 12.9. The molecule has 36 heavy (non-hydrogen) atoms. The predicted molar refractivity (Wildman–Crippen MR) is 138 cm³/mol. The molecule has 1 heterocycles. The van der Waals surface area contributed by atoms with Crippen molar-refractivity contribution in [3.63, 3.8) is 0 Å². The molecule has 0 unspecified atom stereocenters. The van der Waals surface area contributed by atoms with Gasteiger partial charge in [-0.15, -0.1) is 11.8 Å². The van der Waals surface area contributed by atoms with E-state index >= 15 is 0 Å². The number of rotatable bonds is 14. The number of thioether (sulfide) groups is 1. The molecular weight excluding hydrogens is 484 g/mol. The Labute approximate surface area is 216 Å². The molecule has 5 N–H and O–H groups in total. The van der Waals surface area contributed by atoms with Crippen LogP contribution in [0.15, 0.2) is 41.0 Å². The quantitative estimate of drug-likeness (QED) is 0.125. The van der Waals surface area contributed by atoms with Crippen LogP contribution in [-0.4, -0.2) is 52.2 Å². The minimum Gasteiger partial charge on any atom is -0.481 e. The van der Waals surface area contributed by atoms with Gasteiger partial charge in [0.2, 0.25) is 0 Å². The van der Waals surface area contributed by atoms with Gasteiger partial charge in [-0.3, -0.25) is 14.4 Å². The van der Waals surface area contributed by atoms with E-state index in [9.17, 15) is 19.2 Å². The van der Waals surface area contributed by atoms with Crippen molar-refractivity contribution in [2.45, 2.75) is 70.5 Å². The zero-order valence-electron chi connectivity index (χ0n) is 21.4. The first-order valence-electron chi connectivity index (χ1n) is 11.7. The molecule has 0 saturated heterocycles. The number of hydrogen-bond donors (Lipinski definition) is 4. The Hall–Kier alpha value is -3.18. The lowest BCUT2D eigenvalue weighted by molar-refractivity contribution is -0.154. The number of esters is 1. The van der Waals surface area contributed by atoms with Gasteiger partial charge in [-0.05, 0) is 43.7 Å². The zero-order chi connectivity index (χ0) is 27.3. The highest BCUT2D eigenvalue weighted by Crippen LogP contribution is 2.17. The van der Waals surface area contributed by atoms with Crippen molar-refractivity contribution in [1.29, 1.82) is 0 Å². The van der Waals surface area contributed by atoms with Crippen molar-refractivity contribution in [3.05, 3.63) is 47.4 Å². The summed E-state index contributed by atoms with van der Waals surface area (Å²) in [7, 11) is 0. The third-order valence-corrected chi connectivity index (χ3v) is 5.67. The van der Waals surface area contributed by atoms with Crippen LogP contribution in [-0.2, 0) is 25.7 Å². The third-order valence-electron chi connectivity index (χ3n) is 4.97. The lowest BCUT2D eigenvalue weighted by atomic mass is 10.0. The van der Waals surface area contributed by atoms with Crippen LogP contribution in [0.1, 0.15) is 63.1 Å². The number of aliphatic carboxylic acids is 1. The average Bonchev–Trinajstić information content (AvgIpc) is 2.84. The van der Waals surface area contributed by atoms with Crippen molar-refractivity contribution >= 4 is 35.5 Å². The molecule has 2 atom stereocenters. The van der Waals surface area contributed by atoms with Crippen LogP contribution in [0.5, 0.6) is 0 Å². The van der Waals surface area contributed by atoms with Crippen LogP contribution in [0.4, 0.5) is 0 Å². The van der Waals surface area contributed by atoms with Gasteiger partial charge in [-0.25, -0.2) is 9.78 Å². The van der Waals surface area contributed by atoms with Crippen molar-refractivity contribution in [3.8, 4) is 0 Å². The number of aromatic nitrogens is 1. The number of nitrogens with two attached hydrogens (primary N) is 1. The SMILES string of the molecule is C/C=C(\NC(=O)c1cc(SC)cc(CN)n1)C(=O)N[C@H](C(=O)O[C@H](/C=C/CCC)CC(=O)O)C(C)C. The summed E-state index contributed by atoms with van der Waals surface area (Å²) in [6, 6.07) is 2.30. The molecule has 10 nitrogen and oxygen atoms in total. The number of carboxylic acids is 1. The lowest BCUT2D eigenvalue weighted by Crippen LogP contribution is -2.48. The van der Waals surface area contributed by atoms with Crippen molar-refractivity contribution < 1.29 is 29.0 Å². The summed E-state index contributed by atoms with van der Waals surface area (Å²) in [4.78, 5) is 54.7. The summed E-state index contributed by atoms with van der Waals surface area (Å²) in [6.45, 7) is 7.12. The maximum atomic E-state index is 12.9. The number of nitrogens with zero attached hydrogens (tertiary/aromatic N) is 1. The van der Waals surface area contributed by atoms with Gasteiger partial charge in [0, 0.05) is 11.4 Å². The number of nitrogens with one attached hydrogen (secondary N) is 2. The van der Waals surface area contributed by atoms with E-state index in [0.717, 1.165) is 11.3 Å². The molecule has 11 heteroatoms. The van der Waals surface area contributed by atoms with Gasteiger partial charge in [0.15, 0.2) is 0 Å². The third kappa shape index (κ3) is 10.2. The van der Waals surface area contributed by atoms with Crippen LogP contribution in [0.3, 0.4) is 0 Å². The van der Waals surface area contributed by atoms with Gasteiger partial charge in [-0.2, -0.15) is 0 Å². The molecule has 0 aliphatic heterocycles. The summed E-state index contributed by atoms with van der Waals surface area (Å²) in [5.74, 6) is -3.55. The Morgan fingerprint density at radius 1 is 1.25 bits per heavy atom. The van der Waals surface area contributed by atoms with Gasteiger partial charge in [0.05, 0.1) is 12.1 Å². The Morgan fingerprint density at radius 2 is 1.94 bits per heavy atom. The molecule has 1 rings (SSSR count). The molecule has 0 radical (unpaired) electrons. The molecule has 1 aromatic heterocycles. The smallest absolute Gasteiger partial charge is 0.329 e. The van der Waals surface area contributed by atoms with E-state index in [2.05, 4.69) is 15.6 Å². The minimum absolute atomic E-state index is 0.0750. The van der Waals surface area contributed by atoms with Gasteiger partial charge >= 0.3 is 11.9 Å². The summed E-state index contributed by atoms with van der Waals surface area (Å²) < 4.78 is 5.39. The van der Waals surface area contributed by atoms with Crippen LogP contribution in [0.2, 0.25) is 0 Å². The Morgan fingerprint density at radius 3 is 2.47 bits per heavy atom. The minimum atomic E-state index is -1.12. The van der Waals surface area contributed by atoms with Gasteiger partial charge in [0.25, 0.3) is 11.8 Å². The number of carbonyl (C=O) groups excluding carboxylic acids is 3. The molecule has 0 fully saturated rings. The Bertz CT molecular complexity index is 971. The van der Waals surface area contributed by atoms with E-state index < -0.39 is 42.3 Å². The van der Waals surface area contributed by atoms with E-state index in [1.807, 2.05) is 13.2 Å². The molecule has 2 amide bonds. The number of carboxylic acid groups (broad SMARTS) is 1. The second-order valence-corrected chi connectivity index (χ2v) is 9.11. The fourth-order valence-electron chi connectivity index (χ4n) is 3.02.